The van der Waals surface area contributed by atoms with Gasteiger partial charge in [-0.15, -0.1) is 0 Å². The molecule has 0 bridgehead atoms. The highest BCUT2D eigenvalue weighted by Crippen LogP contribution is 2.10. The number of carboxylic acids is 1. The molecule has 0 radical (unpaired) electrons. The zero-order chi connectivity index (χ0) is 12.7. The lowest BCUT2D eigenvalue weighted by atomic mass is 10.2. The van der Waals surface area contributed by atoms with E-state index in [1.54, 1.807) is 4.90 Å². The van der Waals surface area contributed by atoms with E-state index in [-0.39, 0.29) is 6.03 Å². The standard InChI is InChI=1S/C12H22N2O3/c1-2-7-10(11(15)16)13-12(17)14-8-5-3-4-6-9-14/h10H,2-9H2,1H3,(H,13,17)(H,15,16)/t10-/m0/s1. The molecule has 0 aromatic heterocycles. The number of aliphatic carboxylic acids is 1. The number of carbonyl (C=O) groups is 2. The van der Waals surface area contributed by atoms with Crippen molar-refractivity contribution < 1.29 is 14.7 Å². The van der Waals surface area contributed by atoms with Gasteiger partial charge in [-0.25, -0.2) is 9.59 Å². The van der Waals surface area contributed by atoms with Crippen molar-refractivity contribution in [3.05, 3.63) is 0 Å². The molecule has 1 saturated heterocycles. The molecule has 0 saturated carbocycles. The molecule has 17 heavy (non-hydrogen) atoms. The highest BCUT2D eigenvalue weighted by molar-refractivity contribution is 5.82. The summed E-state index contributed by atoms with van der Waals surface area (Å²) < 4.78 is 0. The van der Waals surface area contributed by atoms with Crippen molar-refractivity contribution in [2.24, 2.45) is 0 Å². The number of urea groups is 1. The number of carboxylic acid groups (broad SMARTS) is 1. The van der Waals surface area contributed by atoms with Crippen molar-refractivity contribution in [3.63, 3.8) is 0 Å². The van der Waals surface area contributed by atoms with Crippen LogP contribution in [0.5, 0.6) is 0 Å². The molecule has 98 valence electrons. The lowest BCUT2D eigenvalue weighted by Gasteiger charge is -2.23. The van der Waals surface area contributed by atoms with Gasteiger partial charge >= 0.3 is 12.0 Å². The topological polar surface area (TPSA) is 69.6 Å². The van der Waals surface area contributed by atoms with E-state index in [1.165, 1.54) is 0 Å². The molecule has 0 spiro atoms. The first kappa shape index (κ1) is 13.8. The van der Waals surface area contributed by atoms with Crippen molar-refractivity contribution >= 4 is 12.0 Å². The first-order valence-corrected chi connectivity index (χ1v) is 6.43. The number of amides is 2. The van der Waals surface area contributed by atoms with Gasteiger partial charge in [0.1, 0.15) is 6.04 Å². The van der Waals surface area contributed by atoms with E-state index in [4.69, 9.17) is 5.11 Å². The molecule has 5 heteroatoms. The van der Waals surface area contributed by atoms with Gasteiger partial charge in [0.2, 0.25) is 0 Å². The lowest BCUT2D eigenvalue weighted by Crippen LogP contribution is -2.48. The van der Waals surface area contributed by atoms with Crippen LogP contribution in [0.1, 0.15) is 45.4 Å². The highest BCUT2D eigenvalue weighted by Gasteiger charge is 2.22. The van der Waals surface area contributed by atoms with Crippen LogP contribution in [0.4, 0.5) is 4.79 Å². The maximum absolute atomic E-state index is 11.9. The summed E-state index contributed by atoms with van der Waals surface area (Å²) >= 11 is 0. The zero-order valence-electron chi connectivity index (χ0n) is 10.4. The average Bonchev–Trinajstić information content (AvgIpc) is 2.56. The van der Waals surface area contributed by atoms with Crippen molar-refractivity contribution in [3.8, 4) is 0 Å². The fourth-order valence-corrected chi connectivity index (χ4v) is 2.06. The number of carbonyl (C=O) groups excluding carboxylic acids is 1. The minimum Gasteiger partial charge on any atom is -0.480 e. The Kier molecular flexibility index (Phi) is 5.80. The second kappa shape index (κ2) is 7.14. The summed E-state index contributed by atoms with van der Waals surface area (Å²) in [6.45, 7) is 3.39. The van der Waals surface area contributed by atoms with Crippen LogP contribution >= 0.6 is 0 Å². The number of nitrogens with one attached hydrogen (secondary N) is 1. The molecule has 1 atom stereocenters. The van der Waals surface area contributed by atoms with E-state index in [0.29, 0.717) is 6.42 Å². The second-order valence-electron chi connectivity index (χ2n) is 4.53. The Bertz CT molecular complexity index is 260. The largest absolute Gasteiger partial charge is 0.480 e. The number of likely N-dealkylation sites (tertiary alicyclic amines) is 1. The molecule has 2 amide bonds. The van der Waals surface area contributed by atoms with Gasteiger partial charge in [0, 0.05) is 13.1 Å². The van der Waals surface area contributed by atoms with Crippen molar-refractivity contribution in [1.29, 1.82) is 0 Å². The van der Waals surface area contributed by atoms with Crippen LogP contribution in [0.25, 0.3) is 0 Å². The molecule has 1 rings (SSSR count). The van der Waals surface area contributed by atoms with Crippen molar-refractivity contribution in [1.82, 2.24) is 10.2 Å². The third-order valence-corrected chi connectivity index (χ3v) is 3.07. The van der Waals surface area contributed by atoms with E-state index >= 15 is 0 Å². The molecule has 5 nitrogen and oxygen atoms in total. The van der Waals surface area contributed by atoms with Crippen LogP contribution in [0.3, 0.4) is 0 Å². The Balaban J connectivity index is 2.47. The molecule has 0 unspecified atom stereocenters. The molecular weight excluding hydrogens is 220 g/mol. The summed E-state index contributed by atoms with van der Waals surface area (Å²) in [4.78, 5) is 24.6. The predicted octanol–water partition coefficient (Wildman–Crippen LogP) is 1.83. The van der Waals surface area contributed by atoms with Gasteiger partial charge in [0.25, 0.3) is 0 Å². The fourth-order valence-electron chi connectivity index (χ4n) is 2.06. The van der Waals surface area contributed by atoms with Crippen molar-refractivity contribution in [2.75, 3.05) is 13.1 Å². The van der Waals surface area contributed by atoms with Gasteiger partial charge in [0.15, 0.2) is 0 Å². The van der Waals surface area contributed by atoms with Crippen LogP contribution in [0, 0.1) is 0 Å². The van der Waals surface area contributed by atoms with Gasteiger partial charge in [-0.1, -0.05) is 26.2 Å². The number of hydrogen-bond donors (Lipinski definition) is 2. The molecule has 1 heterocycles. The summed E-state index contributed by atoms with van der Waals surface area (Å²) in [5.74, 6) is -0.949. The minimum absolute atomic E-state index is 0.229. The normalized spacial score (nSPS) is 18.3. The quantitative estimate of drug-likeness (QED) is 0.790. The average molecular weight is 242 g/mol. The van der Waals surface area contributed by atoms with E-state index in [2.05, 4.69) is 5.32 Å². The minimum atomic E-state index is -0.949. The lowest BCUT2D eigenvalue weighted by molar-refractivity contribution is -0.139. The molecule has 1 fully saturated rings. The maximum atomic E-state index is 11.9. The predicted molar refractivity (Wildman–Crippen MR) is 64.9 cm³/mol. The van der Waals surface area contributed by atoms with E-state index in [1.807, 2.05) is 6.92 Å². The summed E-state index contributed by atoms with van der Waals surface area (Å²) in [5.41, 5.74) is 0. The maximum Gasteiger partial charge on any atom is 0.326 e. The van der Waals surface area contributed by atoms with Gasteiger partial charge in [0.05, 0.1) is 0 Å². The van der Waals surface area contributed by atoms with E-state index < -0.39 is 12.0 Å². The van der Waals surface area contributed by atoms with Crippen LogP contribution in [0.2, 0.25) is 0 Å². The highest BCUT2D eigenvalue weighted by atomic mass is 16.4. The third-order valence-electron chi connectivity index (χ3n) is 3.07. The van der Waals surface area contributed by atoms with E-state index in [9.17, 15) is 9.59 Å². The first-order chi connectivity index (χ1) is 8.15. The Morgan fingerprint density at radius 3 is 2.29 bits per heavy atom. The molecule has 0 aromatic carbocycles. The van der Waals surface area contributed by atoms with E-state index in [0.717, 1.165) is 45.2 Å². The Hall–Kier alpha value is -1.26. The van der Waals surface area contributed by atoms with Crippen LogP contribution in [-0.2, 0) is 4.79 Å². The number of nitrogens with zero attached hydrogens (tertiary/aromatic N) is 1. The fraction of sp³-hybridized carbons (Fsp3) is 0.833. The summed E-state index contributed by atoms with van der Waals surface area (Å²) in [6.07, 6.45) is 5.56. The van der Waals surface area contributed by atoms with Crippen molar-refractivity contribution in [2.45, 2.75) is 51.5 Å². The van der Waals surface area contributed by atoms with Crippen LogP contribution in [-0.4, -0.2) is 41.1 Å². The molecule has 1 aliphatic heterocycles. The summed E-state index contributed by atoms with van der Waals surface area (Å²) in [6, 6.07) is -0.983. The molecule has 0 aliphatic carbocycles. The molecular formula is C12H22N2O3. The van der Waals surface area contributed by atoms with Gasteiger partial charge in [-0.2, -0.15) is 0 Å². The summed E-state index contributed by atoms with van der Waals surface area (Å²) in [7, 11) is 0. The summed E-state index contributed by atoms with van der Waals surface area (Å²) in [5, 5.41) is 11.6. The zero-order valence-corrected chi connectivity index (χ0v) is 10.4. The number of hydrogen-bond acceptors (Lipinski definition) is 2. The van der Waals surface area contributed by atoms with Gasteiger partial charge in [-0.05, 0) is 19.3 Å². The number of rotatable bonds is 4. The third kappa shape index (κ3) is 4.63. The van der Waals surface area contributed by atoms with Gasteiger partial charge in [-0.3, -0.25) is 0 Å². The molecule has 1 aliphatic rings. The first-order valence-electron chi connectivity index (χ1n) is 6.43. The Morgan fingerprint density at radius 2 is 1.82 bits per heavy atom. The van der Waals surface area contributed by atoms with Crippen LogP contribution < -0.4 is 5.32 Å². The van der Waals surface area contributed by atoms with Crippen LogP contribution in [0.15, 0.2) is 0 Å². The molecule has 0 aromatic rings. The smallest absolute Gasteiger partial charge is 0.326 e. The Labute approximate surface area is 102 Å². The molecule has 2 N–H and O–H groups in total. The van der Waals surface area contributed by atoms with Gasteiger partial charge < -0.3 is 15.3 Å². The SMILES string of the molecule is CCC[C@H](NC(=O)N1CCCCCC1)C(=O)O. The monoisotopic (exact) mass is 242 g/mol. The Morgan fingerprint density at radius 1 is 1.24 bits per heavy atom. The second-order valence-corrected chi connectivity index (χ2v) is 4.53.